The van der Waals surface area contributed by atoms with Gasteiger partial charge in [0.2, 0.25) is 0 Å². The maximum Gasteiger partial charge on any atom is 0.348 e. The van der Waals surface area contributed by atoms with Crippen LogP contribution < -0.4 is 9.47 Å². The van der Waals surface area contributed by atoms with E-state index in [2.05, 4.69) is 6.92 Å². The zero-order valence-electron chi connectivity index (χ0n) is 32.3. The van der Waals surface area contributed by atoms with Crippen molar-refractivity contribution >= 4 is 29.8 Å². The zero-order valence-corrected chi connectivity index (χ0v) is 32.3. The van der Waals surface area contributed by atoms with Gasteiger partial charge in [-0.15, -0.1) is 0 Å². The Bertz CT molecular complexity index is 1630. The molecule has 3 rings (SSSR count). The summed E-state index contributed by atoms with van der Waals surface area (Å²) >= 11 is 0. The smallest absolute Gasteiger partial charge is 0.348 e. The van der Waals surface area contributed by atoms with Crippen molar-refractivity contribution in [1.29, 1.82) is 0 Å². The number of ether oxygens (including phenoxy) is 6. The first-order chi connectivity index (χ1) is 25.9. The summed E-state index contributed by atoms with van der Waals surface area (Å²) in [5, 5.41) is 0. The van der Waals surface area contributed by atoms with Crippen molar-refractivity contribution in [2.75, 3.05) is 13.2 Å². The highest BCUT2D eigenvalue weighted by Gasteiger charge is 2.29. The summed E-state index contributed by atoms with van der Waals surface area (Å²) in [5.41, 5.74) is 2.36. The highest BCUT2D eigenvalue weighted by atomic mass is 16.6. The second-order valence-electron chi connectivity index (χ2n) is 13.3. The van der Waals surface area contributed by atoms with Crippen LogP contribution in [0.25, 0.3) is 11.1 Å². The molecule has 11 nitrogen and oxygen atoms in total. The maximum absolute atomic E-state index is 12.8. The van der Waals surface area contributed by atoms with Gasteiger partial charge in [-0.3, -0.25) is 0 Å². The van der Waals surface area contributed by atoms with Gasteiger partial charge >= 0.3 is 29.8 Å². The molecule has 0 N–H and O–H groups in total. The minimum absolute atomic E-state index is 0.0882. The molecule has 11 heteroatoms. The Hall–Kier alpha value is -5.19. The summed E-state index contributed by atoms with van der Waals surface area (Å²) in [7, 11) is 0. The van der Waals surface area contributed by atoms with Gasteiger partial charge in [-0.1, -0.05) is 90.0 Å². The Morgan fingerprint density at radius 1 is 0.519 bits per heavy atom. The highest BCUT2D eigenvalue weighted by Crippen LogP contribution is 2.24. The van der Waals surface area contributed by atoms with E-state index >= 15 is 0 Å². The molecule has 0 saturated carbocycles. The van der Waals surface area contributed by atoms with Gasteiger partial charge in [0.15, 0.2) is 18.3 Å². The van der Waals surface area contributed by atoms with E-state index in [1.165, 1.54) is 83.6 Å². The highest BCUT2D eigenvalue weighted by molar-refractivity contribution is 5.93. The van der Waals surface area contributed by atoms with Gasteiger partial charge in [0.05, 0.1) is 24.3 Å². The van der Waals surface area contributed by atoms with Crippen LogP contribution in [0, 0.1) is 5.92 Å². The fourth-order valence-electron chi connectivity index (χ4n) is 4.99. The number of benzene rings is 3. The number of esters is 5. The average molecular weight is 747 g/mol. The van der Waals surface area contributed by atoms with Crippen molar-refractivity contribution in [3.05, 3.63) is 83.9 Å². The lowest BCUT2D eigenvalue weighted by Gasteiger charge is -2.19. The second kappa shape index (κ2) is 22.8. The molecule has 54 heavy (non-hydrogen) atoms. The summed E-state index contributed by atoms with van der Waals surface area (Å²) in [4.78, 5) is 62.4. The Kier molecular flexibility index (Phi) is 18.2. The van der Waals surface area contributed by atoms with Crippen LogP contribution in [0.5, 0.6) is 11.5 Å². The van der Waals surface area contributed by atoms with Gasteiger partial charge in [0.1, 0.15) is 11.5 Å². The van der Waals surface area contributed by atoms with Crippen LogP contribution in [-0.4, -0.2) is 61.4 Å². The van der Waals surface area contributed by atoms with Gasteiger partial charge in [0.25, 0.3) is 0 Å². The third-order valence-electron chi connectivity index (χ3n) is 8.70. The molecule has 0 heterocycles. The number of hydrogen-bond donors (Lipinski definition) is 0. The molecule has 0 aliphatic heterocycles. The summed E-state index contributed by atoms with van der Waals surface area (Å²) < 4.78 is 31.8. The average Bonchev–Trinajstić information content (AvgIpc) is 3.18. The van der Waals surface area contributed by atoms with Crippen LogP contribution in [0.3, 0.4) is 0 Å². The number of carbonyl (C=O) groups excluding carboxylic acids is 5. The van der Waals surface area contributed by atoms with E-state index in [4.69, 9.17) is 28.4 Å². The Morgan fingerprint density at radius 2 is 0.981 bits per heavy atom. The molecule has 3 aromatic carbocycles. The SMILES string of the molecule is CCCCCCCCCOc1ccc(-c2ccc(C(=O)Oc3ccc(C(=O)OC(C)C(=O)OC(C)C(=O)OC(C)C(=O)OCC(C)CC)cc3)cc2)cc1. The lowest BCUT2D eigenvalue weighted by Crippen LogP contribution is -2.36. The summed E-state index contributed by atoms with van der Waals surface area (Å²) in [6.45, 7) is 10.9. The van der Waals surface area contributed by atoms with E-state index < -0.39 is 48.2 Å². The second-order valence-corrected chi connectivity index (χ2v) is 13.3. The lowest BCUT2D eigenvalue weighted by molar-refractivity contribution is -0.179. The lowest BCUT2D eigenvalue weighted by atomic mass is 10.0. The first-order valence-electron chi connectivity index (χ1n) is 18.9. The van der Waals surface area contributed by atoms with Crippen LogP contribution in [0.1, 0.15) is 114 Å². The molecule has 0 bridgehead atoms. The molecular formula is C43H54O11. The fraction of sp³-hybridized carbons (Fsp3) is 0.465. The summed E-state index contributed by atoms with van der Waals surface area (Å²) in [6, 6.07) is 20.5. The fourth-order valence-corrected chi connectivity index (χ4v) is 4.99. The van der Waals surface area contributed by atoms with E-state index in [9.17, 15) is 24.0 Å². The van der Waals surface area contributed by atoms with E-state index in [-0.39, 0.29) is 23.8 Å². The predicted molar refractivity (Wildman–Crippen MR) is 203 cm³/mol. The van der Waals surface area contributed by atoms with E-state index in [0.717, 1.165) is 29.7 Å². The predicted octanol–water partition coefficient (Wildman–Crippen LogP) is 8.70. The molecule has 292 valence electrons. The molecule has 4 atom stereocenters. The van der Waals surface area contributed by atoms with Crippen molar-refractivity contribution in [3.8, 4) is 22.6 Å². The third kappa shape index (κ3) is 14.7. The Morgan fingerprint density at radius 3 is 1.56 bits per heavy atom. The zero-order chi connectivity index (χ0) is 39.5. The Balaban J connectivity index is 1.42. The molecule has 4 unspecified atom stereocenters. The van der Waals surface area contributed by atoms with E-state index in [1.54, 1.807) is 12.1 Å². The normalized spacial score (nSPS) is 13.1. The van der Waals surface area contributed by atoms with Gasteiger partial charge in [-0.05, 0) is 92.8 Å². The van der Waals surface area contributed by atoms with Crippen molar-refractivity contribution in [2.24, 2.45) is 5.92 Å². The van der Waals surface area contributed by atoms with Crippen molar-refractivity contribution < 1.29 is 52.4 Å². The molecule has 0 radical (unpaired) electrons. The minimum Gasteiger partial charge on any atom is -0.494 e. The van der Waals surface area contributed by atoms with E-state index in [0.29, 0.717) is 12.2 Å². The van der Waals surface area contributed by atoms with E-state index in [1.807, 2.05) is 50.2 Å². The van der Waals surface area contributed by atoms with Crippen LogP contribution in [0.2, 0.25) is 0 Å². The minimum atomic E-state index is -1.37. The molecular weight excluding hydrogens is 692 g/mol. The topological polar surface area (TPSA) is 141 Å². The van der Waals surface area contributed by atoms with Gasteiger partial charge in [0, 0.05) is 0 Å². The molecule has 0 spiro atoms. The van der Waals surface area contributed by atoms with Gasteiger partial charge in [-0.2, -0.15) is 0 Å². The van der Waals surface area contributed by atoms with Crippen LogP contribution in [-0.2, 0) is 33.3 Å². The largest absolute Gasteiger partial charge is 0.494 e. The Labute approximate surface area is 318 Å². The molecule has 0 fully saturated rings. The van der Waals surface area contributed by atoms with Crippen LogP contribution in [0.4, 0.5) is 0 Å². The number of unbranched alkanes of at least 4 members (excludes halogenated alkanes) is 6. The summed E-state index contributed by atoms with van der Waals surface area (Å²) in [5.74, 6) is -2.89. The maximum atomic E-state index is 12.8. The molecule has 0 aliphatic rings. The van der Waals surface area contributed by atoms with Crippen molar-refractivity contribution in [1.82, 2.24) is 0 Å². The molecule has 3 aromatic rings. The standard InChI is InChI=1S/C43H54O11/c1-7-9-10-11-12-13-14-27-49-37-23-19-34(20-24-37)33-15-17-35(18-16-33)43(48)54-38-25-21-36(22-26-38)42(47)53-32(6)41(46)52-31(5)40(45)51-30(4)39(44)50-28-29(3)8-2/h15-26,29-32H,7-14,27-28H2,1-6H3. The first-order valence-corrected chi connectivity index (χ1v) is 18.9. The quantitative estimate of drug-likeness (QED) is 0.0422. The molecule has 0 amide bonds. The molecule has 0 saturated heterocycles. The van der Waals surface area contributed by atoms with Gasteiger partial charge in [-0.25, -0.2) is 24.0 Å². The van der Waals surface area contributed by atoms with Crippen LogP contribution in [0.15, 0.2) is 72.8 Å². The van der Waals surface area contributed by atoms with Crippen molar-refractivity contribution in [3.63, 3.8) is 0 Å². The molecule has 0 aliphatic carbocycles. The third-order valence-corrected chi connectivity index (χ3v) is 8.70. The van der Waals surface area contributed by atoms with Crippen molar-refractivity contribution in [2.45, 2.75) is 111 Å². The molecule has 0 aromatic heterocycles. The van der Waals surface area contributed by atoms with Gasteiger partial charge < -0.3 is 28.4 Å². The number of hydrogen-bond acceptors (Lipinski definition) is 11. The number of carbonyl (C=O) groups is 5. The first kappa shape index (κ1) is 43.2. The van der Waals surface area contributed by atoms with Crippen LogP contribution >= 0.6 is 0 Å². The summed E-state index contributed by atoms with van der Waals surface area (Å²) in [6.07, 6.45) is 5.54. The monoisotopic (exact) mass is 746 g/mol. The number of rotatable bonds is 22.